The lowest BCUT2D eigenvalue weighted by atomic mass is 9.96. The number of fused-ring (bicyclic) bond motifs is 1. The molecule has 0 saturated heterocycles. The molecule has 0 spiro atoms. The quantitative estimate of drug-likeness (QED) is 0.853. The van der Waals surface area contributed by atoms with E-state index in [0.29, 0.717) is 0 Å². The molecule has 1 aliphatic heterocycles. The summed E-state index contributed by atoms with van der Waals surface area (Å²) in [5.74, 6) is 0.741. The van der Waals surface area contributed by atoms with Gasteiger partial charge in [-0.25, -0.2) is 0 Å². The second-order valence-corrected chi connectivity index (χ2v) is 5.29. The lowest BCUT2D eigenvalue weighted by Crippen LogP contribution is -2.23. The van der Waals surface area contributed by atoms with Crippen molar-refractivity contribution in [3.63, 3.8) is 0 Å². The van der Waals surface area contributed by atoms with Crippen molar-refractivity contribution in [2.45, 2.75) is 12.8 Å². The summed E-state index contributed by atoms with van der Waals surface area (Å²) in [6, 6.07) is 6.17. The van der Waals surface area contributed by atoms with Crippen LogP contribution >= 0.6 is 11.6 Å². The molecule has 3 heteroatoms. The van der Waals surface area contributed by atoms with E-state index >= 15 is 0 Å². The summed E-state index contributed by atoms with van der Waals surface area (Å²) in [6.45, 7) is 2.20. The zero-order valence-electron chi connectivity index (χ0n) is 9.96. The van der Waals surface area contributed by atoms with Crippen molar-refractivity contribution in [1.29, 1.82) is 0 Å². The molecule has 88 valence electrons. The molecule has 1 aliphatic rings. The Hall–Kier alpha value is -0.730. The van der Waals surface area contributed by atoms with Crippen LogP contribution in [0, 0.1) is 5.92 Å². The molecule has 1 atom stereocenters. The first kappa shape index (κ1) is 11.7. The van der Waals surface area contributed by atoms with Crippen molar-refractivity contribution >= 4 is 17.3 Å². The number of nitrogens with zero attached hydrogens (tertiary/aromatic N) is 1. The van der Waals surface area contributed by atoms with Gasteiger partial charge >= 0.3 is 0 Å². The first-order chi connectivity index (χ1) is 7.65. The van der Waals surface area contributed by atoms with Crippen LogP contribution in [0.3, 0.4) is 0 Å². The average Bonchev–Trinajstić information content (AvgIpc) is 2.38. The SMILES string of the molecule is CN(C)CC1CCNc2cc(Cl)ccc2C1. The first-order valence-corrected chi connectivity index (χ1v) is 6.20. The maximum absolute atomic E-state index is 6.00. The maximum Gasteiger partial charge on any atom is 0.0426 e. The highest BCUT2D eigenvalue weighted by molar-refractivity contribution is 6.30. The molecule has 0 aliphatic carbocycles. The summed E-state index contributed by atoms with van der Waals surface area (Å²) in [7, 11) is 4.28. The fourth-order valence-corrected chi connectivity index (χ4v) is 2.56. The van der Waals surface area contributed by atoms with Crippen LogP contribution in [-0.2, 0) is 6.42 Å². The summed E-state index contributed by atoms with van der Waals surface area (Å²) in [6.07, 6.45) is 2.38. The van der Waals surface area contributed by atoms with Crippen molar-refractivity contribution in [3.05, 3.63) is 28.8 Å². The van der Waals surface area contributed by atoms with E-state index in [0.717, 1.165) is 30.5 Å². The highest BCUT2D eigenvalue weighted by Gasteiger charge is 2.16. The van der Waals surface area contributed by atoms with Gasteiger partial charge in [-0.1, -0.05) is 17.7 Å². The summed E-state index contributed by atoms with van der Waals surface area (Å²) in [5.41, 5.74) is 2.61. The zero-order valence-corrected chi connectivity index (χ0v) is 10.7. The van der Waals surface area contributed by atoms with Gasteiger partial charge in [-0.2, -0.15) is 0 Å². The molecule has 0 bridgehead atoms. The van der Waals surface area contributed by atoms with Gasteiger partial charge in [0.25, 0.3) is 0 Å². The van der Waals surface area contributed by atoms with Gasteiger partial charge in [-0.15, -0.1) is 0 Å². The van der Waals surface area contributed by atoms with E-state index in [1.54, 1.807) is 0 Å². The van der Waals surface area contributed by atoms with Gasteiger partial charge in [-0.05, 0) is 50.6 Å². The molecule has 0 saturated carbocycles. The summed E-state index contributed by atoms with van der Waals surface area (Å²) in [5, 5.41) is 4.28. The molecule has 1 heterocycles. The van der Waals surface area contributed by atoms with Crippen LogP contribution < -0.4 is 5.32 Å². The second-order valence-electron chi connectivity index (χ2n) is 4.85. The highest BCUT2D eigenvalue weighted by atomic mass is 35.5. The fraction of sp³-hybridized carbons (Fsp3) is 0.538. The van der Waals surface area contributed by atoms with E-state index < -0.39 is 0 Å². The normalized spacial score (nSPS) is 20.1. The molecule has 0 aromatic heterocycles. The standard InChI is InChI=1S/C13H19ClN2/c1-16(2)9-10-5-6-15-13-8-12(14)4-3-11(13)7-10/h3-4,8,10,15H,5-7,9H2,1-2H3. The number of rotatable bonds is 2. The Kier molecular flexibility index (Phi) is 3.72. The number of halogens is 1. The molecular weight excluding hydrogens is 220 g/mol. The van der Waals surface area contributed by atoms with Crippen LogP contribution in [0.5, 0.6) is 0 Å². The van der Waals surface area contributed by atoms with E-state index in [-0.39, 0.29) is 0 Å². The zero-order chi connectivity index (χ0) is 11.5. The molecule has 0 amide bonds. The number of nitrogens with one attached hydrogen (secondary N) is 1. The van der Waals surface area contributed by atoms with Crippen LogP contribution in [0.4, 0.5) is 5.69 Å². The minimum Gasteiger partial charge on any atom is -0.385 e. The molecule has 1 unspecified atom stereocenters. The molecule has 16 heavy (non-hydrogen) atoms. The number of hydrogen-bond acceptors (Lipinski definition) is 2. The Balaban J connectivity index is 2.14. The molecule has 0 radical (unpaired) electrons. The summed E-state index contributed by atoms with van der Waals surface area (Å²) in [4.78, 5) is 2.27. The van der Waals surface area contributed by atoms with E-state index in [2.05, 4.69) is 30.4 Å². The van der Waals surface area contributed by atoms with Gasteiger partial charge in [0.1, 0.15) is 0 Å². The van der Waals surface area contributed by atoms with Gasteiger partial charge in [0.2, 0.25) is 0 Å². The van der Waals surface area contributed by atoms with Crippen molar-refractivity contribution in [2.24, 2.45) is 5.92 Å². The van der Waals surface area contributed by atoms with Crippen LogP contribution in [0.15, 0.2) is 18.2 Å². The van der Waals surface area contributed by atoms with Gasteiger partial charge in [0.05, 0.1) is 0 Å². The predicted molar refractivity (Wildman–Crippen MR) is 70.3 cm³/mol. The first-order valence-electron chi connectivity index (χ1n) is 5.82. The minimum absolute atomic E-state index is 0.741. The summed E-state index contributed by atoms with van der Waals surface area (Å²) < 4.78 is 0. The van der Waals surface area contributed by atoms with E-state index in [1.165, 1.54) is 17.7 Å². The minimum atomic E-state index is 0.741. The van der Waals surface area contributed by atoms with Gasteiger partial charge < -0.3 is 10.2 Å². The molecule has 1 N–H and O–H groups in total. The van der Waals surface area contributed by atoms with E-state index in [4.69, 9.17) is 11.6 Å². The third-order valence-electron chi connectivity index (χ3n) is 3.07. The van der Waals surface area contributed by atoms with Crippen molar-refractivity contribution in [2.75, 3.05) is 32.5 Å². The van der Waals surface area contributed by atoms with Crippen LogP contribution in [0.25, 0.3) is 0 Å². The molecule has 2 nitrogen and oxygen atoms in total. The van der Waals surface area contributed by atoms with Gasteiger partial charge in [0, 0.05) is 23.8 Å². The Morgan fingerprint density at radius 2 is 2.25 bits per heavy atom. The second kappa shape index (κ2) is 5.07. The number of benzene rings is 1. The third-order valence-corrected chi connectivity index (χ3v) is 3.31. The molecule has 1 aromatic rings. The van der Waals surface area contributed by atoms with Gasteiger partial charge in [0.15, 0.2) is 0 Å². The maximum atomic E-state index is 6.00. The van der Waals surface area contributed by atoms with Gasteiger partial charge in [-0.3, -0.25) is 0 Å². The largest absolute Gasteiger partial charge is 0.385 e. The Labute approximate surface area is 103 Å². The van der Waals surface area contributed by atoms with Crippen LogP contribution in [0.2, 0.25) is 5.02 Å². The van der Waals surface area contributed by atoms with Crippen molar-refractivity contribution in [1.82, 2.24) is 4.90 Å². The Bertz CT molecular complexity index is 363. The number of anilines is 1. The van der Waals surface area contributed by atoms with Crippen molar-refractivity contribution in [3.8, 4) is 0 Å². The Morgan fingerprint density at radius 1 is 1.44 bits per heavy atom. The predicted octanol–water partition coefficient (Wildman–Crippen LogP) is 2.88. The molecular formula is C13H19ClN2. The smallest absolute Gasteiger partial charge is 0.0426 e. The van der Waals surface area contributed by atoms with Crippen LogP contribution in [0.1, 0.15) is 12.0 Å². The topological polar surface area (TPSA) is 15.3 Å². The molecule has 1 aromatic carbocycles. The lowest BCUT2D eigenvalue weighted by molar-refractivity contribution is 0.316. The fourth-order valence-electron chi connectivity index (χ4n) is 2.39. The summed E-state index contributed by atoms with van der Waals surface area (Å²) >= 11 is 6.00. The van der Waals surface area contributed by atoms with Crippen LogP contribution in [-0.4, -0.2) is 32.1 Å². The average molecular weight is 239 g/mol. The highest BCUT2D eigenvalue weighted by Crippen LogP contribution is 2.27. The molecule has 0 fully saturated rings. The van der Waals surface area contributed by atoms with E-state index in [9.17, 15) is 0 Å². The monoisotopic (exact) mass is 238 g/mol. The Morgan fingerprint density at radius 3 is 3.00 bits per heavy atom. The molecule has 2 rings (SSSR count). The number of hydrogen-bond donors (Lipinski definition) is 1. The lowest BCUT2D eigenvalue weighted by Gasteiger charge is -2.18. The van der Waals surface area contributed by atoms with E-state index in [1.807, 2.05) is 12.1 Å². The third kappa shape index (κ3) is 2.89. The van der Waals surface area contributed by atoms with Crippen molar-refractivity contribution < 1.29 is 0 Å².